The number of fused-ring (bicyclic) bond motifs is 1. The van der Waals surface area contributed by atoms with Crippen LogP contribution in [0.5, 0.6) is 0 Å². The highest BCUT2D eigenvalue weighted by molar-refractivity contribution is 7.89. The van der Waals surface area contributed by atoms with E-state index in [0.717, 1.165) is 4.57 Å². The molecule has 1 amide bonds. The molecule has 33 heavy (non-hydrogen) atoms. The Kier molecular flexibility index (Phi) is 6.08. The highest BCUT2D eigenvalue weighted by Gasteiger charge is 2.33. The molecule has 3 aromatic heterocycles. The number of sulfonamides is 1. The van der Waals surface area contributed by atoms with Crippen molar-refractivity contribution in [3.05, 3.63) is 56.6 Å². The van der Waals surface area contributed by atoms with Crippen molar-refractivity contribution < 1.29 is 13.2 Å². The lowest BCUT2D eigenvalue weighted by Crippen LogP contribution is -2.41. The molecule has 0 bridgehead atoms. The van der Waals surface area contributed by atoms with Crippen LogP contribution in [0.15, 0.2) is 45.1 Å². The number of pyridine rings is 2. The lowest BCUT2D eigenvalue weighted by Gasteiger charge is -2.30. The number of hydrogen-bond acceptors (Lipinski definition) is 7. The van der Waals surface area contributed by atoms with Crippen LogP contribution in [0.25, 0.3) is 11.0 Å². The van der Waals surface area contributed by atoms with E-state index in [0.29, 0.717) is 18.5 Å². The van der Waals surface area contributed by atoms with Crippen LogP contribution < -0.4 is 16.6 Å². The maximum atomic E-state index is 12.8. The van der Waals surface area contributed by atoms with Gasteiger partial charge in [0, 0.05) is 39.3 Å². The Morgan fingerprint density at radius 3 is 2.52 bits per heavy atom. The molecule has 3 aromatic rings. The van der Waals surface area contributed by atoms with Gasteiger partial charge in [0.05, 0.1) is 17.3 Å². The Balaban J connectivity index is 1.48. The Labute approximate surface area is 193 Å². The Morgan fingerprint density at radius 2 is 1.85 bits per heavy atom. The van der Waals surface area contributed by atoms with Crippen molar-refractivity contribution in [3.8, 4) is 0 Å². The molecule has 0 aliphatic carbocycles. The number of hydrogen-bond donors (Lipinski definition) is 1. The third-order valence-electron chi connectivity index (χ3n) is 5.73. The maximum absolute atomic E-state index is 12.8. The molecule has 0 aromatic carbocycles. The molecule has 0 unspecified atom stereocenters. The molecule has 174 valence electrons. The van der Waals surface area contributed by atoms with Gasteiger partial charge >= 0.3 is 5.69 Å². The third-order valence-corrected chi connectivity index (χ3v) is 8.07. The summed E-state index contributed by atoms with van der Waals surface area (Å²) < 4.78 is 29.2. The number of aromatic nitrogens is 4. The van der Waals surface area contributed by atoms with Crippen molar-refractivity contribution in [2.75, 3.05) is 18.4 Å². The number of carbonyl (C=O) groups is 1. The van der Waals surface area contributed by atoms with Crippen molar-refractivity contribution in [1.82, 2.24) is 23.4 Å². The molecule has 4 rings (SSSR count). The van der Waals surface area contributed by atoms with E-state index in [9.17, 15) is 22.8 Å². The Morgan fingerprint density at radius 1 is 1.15 bits per heavy atom. The monoisotopic (exact) mass is 492 g/mol. The minimum Gasteiger partial charge on any atom is -0.324 e. The SMILES string of the molecule is Cn1c(=O)c2cc(NC(=O)C3CCN(S(=O)(=O)c4cccnc4Cl)CC3)cnc2n(C)c1=O. The number of carbonyl (C=O) groups excluding carboxylic acids is 1. The van der Waals surface area contributed by atoms with Crippen LogP contribution in [0.1, 0.15) is 12.8 Å². The molecule has 1 saturated heterocycles. The summed E-state index contributed by atoms with van der Waals surface area (Å²) in [5.74, 6) is -0.714. The maximum Gasteiger partial charge on any atom is 0.332 e. The molecule has 1 aliphatic heterocycles. The predicted molar refractivity (Wildman–Crippen MR) is 122 cm³/mol. The second-order valence-corrected chi connectivity index (χ2v) is 10.0. The summed E-state index contributed by atoms with van der Waals surface area (Å²) in [5, 5.41) is 2.85. The zero-order valence-electron chi connectivity index (χ0n) is 17.9. The van der Waals surface area contributed by atoms with Crippen LogP contribution in [-0.2, 0) is 28.9 Å². The number of amides is 1. The number of anilines is 1. The van der Waals surface area contributed by atoms with Crippen LogP contribution in [0, 0.1) is 5.92 Å². The largest absolute Gasteiger partial charge is 0.332 e. The molecule has 11 nitrogen and oxygen atoms in total. The molecule has 13 heteroatoms. The van der Waals surface area contributed by atoms with Gasteiger partial charge in [0.25, 0.3) is 5.56 Å². The van der Waals surface area contributed by atoms with Crippen LogP contribution in [0.3, 0.4) is 0 Å². The molecule has 0 saturated carbocycles. The minimum absolute atomic E-state index is 0.0622. The summed E-state index contributed by atoms with van der Waals surface area (Å²) in [5.41, 5.74) is -0.468. The fraction of sp³-hybridized carbons (Fsp3) is 0.350. The first kappa shape index (κ1) is 23.1. The zero-order chi connectivity index (χ0) is 23.9. The van der Waals surface area contributed by atoms with E-state index in [1.54, 1.807) is 0 Å². The van der Waals surface area contributed by atoms with E-state index in [1.165, 1.54) is 53.6 Å². The predicted octanol–water partition coefficient (Wildman–Crippen LogP) is 0.720. The first-order valence-electron chi connectivity index (χ1n) is 10.1. The van der Waals surface area contributed by atoms with Gasteiger partial charge in [-0.05, 0) is 31.0 Å². The fourth-order valence-electron chi connectivity index (χ4n) is 3.84. The van der Waals surface area contributed by atoms with Crippen molar-refractivity contribution in [3.63, 3.8) is 0 Å². The summed E-state index contributed by atoms with van der Waals surface area (Å²) in [4.78, 5) is 45.2. The highest BCUT2D eigenvalue weighted by Crippen LogP contribution is 2.27. The number of rotatable bonds is 4. The zero-order valence-corrected chi connectivity index (χ0v) is 19.4. The summed E-state index contributed by atoms with van der Waals surface area (Å²) in [6.07, 6.45) is 3.43. The van der Waals surface area contributed by atoms with Gasteiger partial charge in [0.2, 0.25) is 15.9 Å². The summed E-state index contributed by atoms with van der Waals surface area (Å²) in [7, 11) is -0.929. The van der Waals surface area contributed by atoms with E-state index in [2.05, 4.69) is 15.3 Å². The minimum atomic E-state index is -3.81. The van der Waals surface area contributed by atoms with Gasteiger partial charge in [-0.15, -0.1) is 0 Å². The molecule has 1 fully saturated rings. The van der Waals surface area contributed by atoms with Gasteiger partial charge < -0.3 is 5.32 Å². The van der Waals surface area contributed by atoms with Gasteiger partial charge in [0.15, 0.2) is 0 Å². The normalized spacial score (nSPS) is 15.6. The lowest BCUT2D eigenvalue weighted by molar-refractivity contribution is -0.120. The number of nitrogens with one attached hydrogen (secondary N) is 1. The van der Waals surface area contributed by atoms with Gasteiger partial charge in [0.1, 0.15) is 15.7 Å². The number of nitrogens with zero attached hydrogens (tertiary/aromatic N) is 5. The summed E-state index contributed by atoms with van der Waals surface area (Å²) in [6, 6.07) is 4.38. The van der Waals surface area contributed by atoms with Gasteiger partial charge in [-0.1, -0.05) is 11.6 Å². The van der Waals surface area contributed by atoms with E-state index in [4.69, 9.17) is 11.6 Å². The smallest absolute Gasteiger partial charge is 0.324 e. The molecule has 1 aliphatic rings. The van der Waals surface area contributed by atoms with Crippen molar-refractivity contribution in [2.45, 2.75) is 17.7 Å². The van der Waals surface area contributed by atoms with Crippen molar-refractivity contribution >= 4 is 44.3 Å². The first-order chi connectivity index (χ1) is 15.6. The molecule has 0 atom stereocenters. The van der Waals surface area contributed by atoms with Crippen molar-refractivity contribution in [1.29, 1.82) is 0 Å². The van der Waals surface area contributed by atoms with E-state index >= 15 is 0 Å². The Bertz CT molecular complexity index is 1470. The molecule has 4 heterocycles. The second kappa shape index (κ2) is 8.69. The van der Waals surface area contributed by atoms with Gasteiger partial charge in [-0.25, -0.2) is 23.2 Å². The van der Waals surface area contributed by atoms with E-state index < -0.39 is 27.2 Å². The van der Waals surface area contributed by atoms with Gasteiger partial charge in [-0.3, -0.25) is 18.7 Å². The summed E-state index contributed by atoms with van der Waals surface area (Å²) in [6.45, 7) is 0.314. The highest BCUT2D eigenvalue weighted by atomic mass is 35.5. The van der Waals surface area contributed by atoms with Crippen LogP contribution in [0.2, 0.25) is 5.15 Å². The molecule has 0 radical (unpaired) electrons. The van der Waals surface area contributed by atoms with E-state index in [-0.39, 0.29) is 40.1 Å². The number of halogens is 1. The fourth-order valence-corrected chi connectivity index (χ4v) is 5.74. The van der Waals surface area contributed by atoms with Crippen LogP contribution in [-0.4, -0.2) is 50.8 Å². The Hall–Kier alpha value is -3.09. The second-order valence-electron chi connectivity index (χ2n) is 7.76. The average molecular weight is 493 g/mol. The van der Waals surface area contributed by atoms with Crippen LogP contribution >= 0.6 is 11.6 Å². The summed E-state index contributed by atoms with van der Waals surface area (Å²) >= 11 is 5.95. The molecular formula is C20H21ClN6O5S. The quantitative estimate of drug-likeness (QED) is 0.530. The van der Waals surface area contributed by atoms with E-state index in [1.807, 2.05) is 0 Å². The average Bonchev–Trinajstić information content (AvgIpc) is 2.81. The third kappa shape index (κ3) is 4.16. The number of aryl methyl sites for hydroxylation is 1. The topological polar surface area (TPSA) is 136 Å². The molecular weight excluding hydrogens is 472 g/mol. The lowest BCUT2D eigenvalue weighted by atomic mass is 9.97. The first-order valence-corrected chi connectivity index (χ1v) is 11.9. The van der Waals surface area contributed by atoms with Gasteiger partial charge in [-0.2, -0.15) is 4.31 Å². The number of piperidine rings is 1. The molecule has 0 spiro atoms. The van der Waals surface area contributed by atoms with Crippen LogP contribution in [0.4, 0.5) is 5.69 Å². The molecule has 1 N–H and O–H groups in total. The van der Waals surface area contributed by atoms with Crippen molar-refractivity contribution in [2.24, 2.45) is 20.0 Å². The standard InChI is InChI=1S/C20H21ClN6O5S/c1-25-17-14(19(29)26(2)20(25)30)10-13(11-23-17)24-18(28)12-5-8-27(9-6-12)33(31,32)15-4-3-7-22-16(15)21/h3-4,7,10-12H,5-6,8-9H2,1-2H3,(H,24,28).